The highest BCUT2D eigenvalue weighted by atomic mass is 79.9. The third kappa shape index (κ3) is 6.78. The Morgan fingerprint density at radius 3 is 2.62 bits per heavy atom. The Labute approximate surface area is 135 Å². The van der Waals surface area contributed by atoms with Crippen LogP contribution in [0.1, 0.15) is 25.1 Å². The Balaban J connectivity index is 3.13. The first kappa shape index (κ1) is 17.7. The molecule has 0 aliphatic rings. The van der Waals surface area contributed by atoms with Gasteiger partial charge in [-0.3, -0.25) is 0 Å². The number of pyridine rings is 1. The molecule has 1 aromatic heterocycles. The minimum Gasteiger partial charge on any atom is -0.450 e. The van der Waals surface area contributed by atoms with Gasteiger partial charge in [0, 0.05) is 17.1 Å². The Bertz CT molecular complexity index is 597. The number of nitrogens with zero attached hydrogens (tertiary/aromatic N) is 1. The Hall–Kier alpha value is -1.32. The van der Waals surface area contributed by atoms with E-state index in [-0.39, 0.29) is 0 Å². The molecule has 1 rings (SSSR count). The lowest BCUT2D eigenvalue weighted by Crippen LogP contribution is -2.30. The van der Waals surface area contributed by atoms with Gasteiger partial charge in [0.15, 0.2) is 0 Å². The summed E-state index contributed by atoms with van der Waals surface area (Å²) < 4.78 is 5.75. The fraction of sp³-hybridized carbons (Fsp3) is 0.467. The van der Waals surface area contributed by atoms with E-state index in [2.05, 4.69) is 52.0 Å². The number of ether oxygens (including phenoxy) is 1. The molecule has 1 heterocycles. The standard InChI is InChI=1S/C15H20BrNO3Si/c1-15(2,20-14(18)19)9-11-8-12(16)10-17-13(11)6-7-21(3,4)5/h8,10H,9H2,1-5H3,(H,18,19). The first-order valence-corrected chi connectivity index (χ1v) is 10.9. The molecule has 0 amide bonds. The van der Waals surface area contributed by atoms with Crippen molar-refractivity contribution in [3.05, 3.63) is 28.0 Å². The summed E-state index contributed by atoms with van der Waals surface area (Å²) >= 11 is 3.39. The summed E-state index contributed by atoms with van der Waals surface area (Å²) in [6.07, 6.45) is 0.835. The van der Waals surface area contributed by atoms with E-state index in [1.807, 2.05) is 6.07 Å². The first-order chi connectivity index (χ1) is 9.48. The summed E-state index contributed by atoms with van der Waals surface area (Å²) in [6.45, 7) is 9.96. The van der Waals surface area contributed by atoms with E-state index in [9.17, 15) is 4.79 Å². The molecule has 0 saturated heterocycles. The fourth-order valence-electron chi connectivity index (χ4n) is 1.71. The maximum atomic E-state index is 10.7. The average Bonchev–Trinajstić information content (AvgIpc) is 2.23. The third-order valence-electron chi connectivity index (χ3n) is 2.47. The van der Waals surface area contributed by atoms with Crippen molar-refractivity contribution in [3.63, 3.8) is 0 Å². The molecular weight excluding hydrogens is 350 g/mol. The molecule has 0 bridgehead atoms. The zero-order chi connectivity index (χ0) is 16.3. The molecular formula is C15H20BrNO3Si. The summed E-state index contributed by atoms with van der Waals surface area (Å²) in [5.74, 6) is 3.13. The van der Waals surface area contributed by atoms with E-state index < -0.39 is 19.8 Å². The zero-order valence-corrected chi connectivity index (χ0v) is 15.5. The molecule has 4 nitrogen and oxygen atoms in total. The van der Waals surface area contributed by atoms with Crippen molar-refractivity contribution < 1.29 is 14.6 Å². The van der Waals surface area contributed by atoms with Gasteiger partial charge in [0.1, 0.15) is 19.4 Å². The van der Waals surface area contributed by atoms with Crippen LogP contribution in [0.15, 0.2) is 16.7 Å². The Morgan fingerprint density at radius 1 is 1.48 bits per heavy atom. The minimum absolute atomic E-state index is 0.418. The SMILES string of the molecule is CC(C)(Cc1cc(Br)cnc1C#C[Si](C)(C)C)OC(=O)O. The van der Waals surface area contributed by atoms with E-state index in [1.165, 1.54) is 0 Å². The van der Waals surface area contributed by atoms with Gasteiger partial charge >= 0.3 is 6.16 Å². The maximum absolute atomic E-state index is 10.7. The van der Waals surface area contributed by atoms with Gasteiger partial charge in [-0.05, 0) is 41.4 Å². The molecule has 0 aliphatic heterocycles. The average molecular weight is 370 g/mol. The second kappa shape index (κ2) is 6.63. The van der Waals surface area contributed by atoms with Gasteiger partial charge < -0.3 is 9.84 Å². The summed E-state index contributed by atoms with van der Waals surface area (Å²) in [6, 6.07) is 1.91. The van der Waals surface area contributed by atoms with Crippen LogP contribution in [0.3, 0.4) is 0 Å². The summed E-state index contributed by atoms with van der Waals surface area (Å²) in [7, 11) is -1.50. The van der Waals surface area contributed by atoms with Crippen molar-refractivity contribution >= 4 is 30.2 Å². The van der Waals surface area contributed by atoms with Crippen LogP contribution in [0.25, 0.3) is 0 Å². The lowest BCUT2D eigenvalue weighted by atomic mass is 9.97. The normalized spacial score (nSPS) is 11.5. The second-order valence-electron chi connectivity index (χ2n) is 6.47. The molecule has 0 unspecified atom stereocenters. The van der Waals surface area contributed by atoms with Crippen LogP contribution in [-0.2, 0) is 11.2 Å². The molecule has 6 heteroatoms. The van der Waals surface area contributed by atoms with Crippen molar-refractivity contribution in [2.24, 2.45) is 0 Å². The van der Waals surface area contributed by atoms with Gasteiger partial charge in [-0.25, -0.2) is 9.78 Å². The van der Waals surface area contributed by atoms with Crippen LogP contribution < -0.4 is 0 Å². The van der Waals surface area contributed by atoms with E-state index >= 15 is 0 Å². The highest BCUT2D eigenvalue weighted by Crippen LogP contribution is 2.22. The Kier molecular flexibility index (Phi) is 5.59. The molecule has 0 saturated carbocycles. The summed E-state index contributed by atoms with van der Waals surface area (Å²) in [5, 5.41) is 8.79. The Morgan fingerprint density at radius 2 is 2.10 bits per heavy atom. The molecule has 21 heavy (non-hydrogen) atoms. The molecule has 0 fully saturated rings. The number of aromatic nitrogens is 1. The zero-order valence-electron chi connectivity index (χ0n) is 13.0. The quantitative estimate of drug-likeness (QED) is 0.495. The number of rotatable bonds is 3. The molecule has 0 aliphatic carbocycles. The minimum atomic E-state index is -1.50. The van der Waals surface area contributed by atoms with Crippen LogP contribution in [0.5, 0.6) is 0 Å². The predicted octanol–water partition coefficient (Wildman–Crippen LogP) is 4.09. The molecule has 0 aromatic carbocycles. The maximum Gasteiger partial charge on any atom is 0.506 e. The van der Waals surface area contributed by atoms with E-state index in [1.54, 1.807) is 20.0 Å². The molecule has 0 radical (unpaired) electrons. The van der Waals surface area contributed by atoms with Gasteiger partial charge in [0.25, 0.3) is 0 Å². The molecule has 0 spiro atoms. The summed E-state index contributed by atoms with van der Waals surface area (Å²) in [5.41, 5.74) is 4.01. The van der Waals surface area contributed by atoms with Crippen LogP contribution in [0.4, 0.5) is 4.79 Å². The van der Waals surface area contributed by atoms with Crippen molar-refractivity contribution in [2.45, 2.75) is 45.5 Å². The van der Waals surface area contributed by atoms with Crippen molar-refractivity contribution in [2.75, 3.05) is 0 Å². The number of halogens is 1. The lowest BCUT2D eigenvalue weighted by molar-refractivity contribution is 0.00418. The molecule has 1 aromatic rings. The van der Waals surface area contributed by atoms with Crippen molar-refractivity contribution in [1.82, 2.24) is 4.98 Å². The van der Waals surface area contributed by atoms with E-state index in [0.717, 1.165) is 10.0 Å². The largest absolute Gasteiger partial charge is 0.506 e. The van der Waals surface area contributed by atoms with Crippen LogP contribution in [-0.4, -0.2) is 29.9 Å². The highest BCUT2D eigenvalue weighted by molar-refractivity contribution is 9.10. The van der Waals surface area contributed by atoms with Crippen molar-refractivity contribution in [1.29, 1.82) is 0 Å². The third-order valence-corrected chi connectivity index (χ3v) is 3.78. The first-order valence-electron chi connectivity index (χ1n) is 6.58. The molecule has 1 N–H and O–H groups in total. The molecule has 114 valence electrons. The van der Waals surface area contributed by atoms with Crippen molar-refractivity contribution in [3.8, 4) is 11.5 Å². The number of hydrogen-bond donors (Lipinski definition) is 1. The lowest BCUT2D eigenvalue weighted by Gasteiger charge is -2.23. The number of hydrogen-bond acceptors (Lipinski definition) is 3. The van der Waals surface area contributed by atoms with Gasteiger partial charge in [-0.15, -0.1) is 5.54 Å². The second-order valence-corrected chi connectivity index (χ2v) is 12.1. The highest BCUT2D eigenvalue weighted by Gasteiger charge is 2.25. The summed E-state index contributed by atoms with van der Waals surface area (Å²) in [4.78, 5) is 15.1. The van der Waals surface area contributed by atoms with Gasteiger partial charge in [-0.2, -0.15) is 0 Å². The predicted molar refractivity (Wildman–Crippen MR) is 89.1 cm³/mol. The number of carboxylic acid groups (broad SMARTS) is 1. The fourth-order valence-corrected chi connectivity index (χ4v) is 2.58. The van der Waals surface area contributed by atoms with Gasteiger partial charge in [0.2, 0.25) is 0 Å². The smallest absolute Gasteiger partial charge is 0.450 e. The topological polar surface area (TPSA) is 59.4 Å². The monoisotopic (exact) mass is 369 g/mol. The van der Waals surface area contributed by atoms with E-state index in [0.29, 0.717) is 12.1 Å². The van der Waals surface area contributed by atoms with Crippen LogP contribution in [0.2, 0.25) is 19.6 Å². The van der Waals surface area contributed by atoms with E-state index in [4.69, 9.17) is 9.84 Å². The molecule has 0 atom stereocenters. The van der Waals surface area contributed by atoms with Crippen LogP contribution in [0, 0.1) is 11.5 Å². The van der Waals surface area contributed by atoms with Crippen LogP contribution >= 0.6 is 15.9 Å². The van der Waals surface area contributed by atoms with Gasteiger partial charge in [-0.1, -0.05) is 25.6 Å². The number of carbonyl (C=O) groups is 1. The van der Waals surface area contributed by atoms with Gasteiger partial charge in [0.05, 0.1) is 0 Å².